The molecule has 1 fully saturated rings. The minimum Gasteiger partial charge on any atom is -0.506 e. The highest BCUT2D eigenvalue weighted by Crippen LogP contribution is 2.34. The molecule has 2 aromatic carbocycles. The van der Waals surface area contributed by atoms with E-state index in [-0.39, 0.29) is 23.1 Å². The molecule has 1 saturated heterocycles. The van der Waals surface area contributed by atoms with Crippen molar-refractivity contribution in [2.45, 2.75) is 18.9 Å². The second kappa shape index (κ2) is 6.71. The third-order valence-electron chi connectivity index (χ3n) is 4.56. The number of hydrogen-bond acceptors (Lipinski definition) is 6. The Hall–Kier alpha value is -3.27. The number of benzene rings is 2. The highest BCUT2D eigenvalue weighted by Gasteiger charge is 2.35. The lowest BCUT2D eigenvalue weighted by Crippen LogP contribution is -2.32. The summed E-state index contributed by atoms with van der Waals surface area (Å²) < 4.78 is 32.2. The minimum atomic E-state index is -4.03. The van der Waals surface area contributed by atoms with E-state index < -0.39 is 28.8 Å². The number of nitrogens with zero attached hydrogens (tertiary/aromatic N) is 1. The maximum absolute atomic E-state index is 12.4. The molecule has 1 atom stereocenters. The first-order valence-corrected chi connectivity index (χ1v) is 9.99. The summed E-state index contributed by atoms with van der Waals surface area (Å²) in [5, 5.41) is 13.1. The molecule has 28 heavy (non-hydrogen) atoms. The molecule has 0 bridgehead atoms. The standard InChI is InChI=1S/C18H17N3O6S/c22-15-9-12(6-7-14(15)21-10-17(23)20-28(21,25)26)27-16-8-5-11-3-1-2-4-13(11)19-18(16)24/h1-4,6-7,9,16,22H,5,8,10H2,(H,19,24)(H,20,23). The lowest BCUT2D eigenvalue weighted by molar-refractivity contribution is -0.122. The number of carbonyl (C=O) groups is 2. The predicted octanol–water partition coefficient (Wildman–Crippen LogP) is 0.905. The van der Waals surface area contributed by atoms with Crippen LogP contribution >= 0.6 is 0 Å². The van der Waals surface area contributed by atoms with Gasteiger partial charge in [-0.1, -0.05) is 18.2 Å². The number of amides is 2. The van der Waals surface area contributed by atoms with Crippen molar-refractivity contribution in [3.8, 4) is 11.5 Å². The molecule has 146 valence electrons. The molecule has 2 aromatic rings. The van der Waals surface area contributed by atoms with Crippen LogP contribution in [0.2, 0.25) is 0 Å². The summed E-state index contributed by atoms with van der Waals surface area (Å²) in [7, 11) is -4.03. The van der Waals surface area contributed by atoms with E-state index >= 15 is 0 Å². The monoisotopic (exact) mass is 403 g/mol. The molecule has 0 aliphatic carbocycles. The van der Waals surface area contributed by atoms with Gasteiger partial charge in [-0.15, -0.1) is 0 Å². The van der Waals surface area contributed by atoms with E-state index in [1.54, 1.807) is 0 Å². The van der Waals surface area contributed by atoms with Gasteiger partial charge in [0.05, 0.1) is 5.69 Å². The average molecular weight is 403 g/mol. The molecule has 2 amide bonds. The average Bonchev–Trinajstić information content (AvgIpc) is 2.81. The Kier molecular flexibility index (Phi) is 4.34. The van der Waals surface area contributed by atoms with Crippen LogP contribution in [0.4, 0.5) is 11.4 Å². The quantitative estimate of drug-likeness (QED) is 0.699. The first kappa shape index (κ1) is 18.1. The Morgan fingerprint density at radius 1 is 1.14 bits per heavy atom. The topological polar surface area (TPSA) is 125 Å². The number of aromatic hydroxyl groups is 1. The van der Waals surface area contributed by atoms with Gasteiger partial charge in [0, 0.05) is 11.8 Å². The third-order valence-corrected chi connectivity index (χ3v) is 5.95. The first-order valence-electron chi connectivity index (χ1n) is 8.55. The van der Waals surface area contributed by atoms with Gasteiger partial charge in [0.25, 0.3) is 11.8 Å². The number of rotatable bonds is 3. The van der Waals surface area contributed by atoms with Gasteiger partial charge in [-0.05, 0) is 36.6 Å². The van der Waals surface area contributed by atoms with Crippen LogP contribution in [0.25, 0.3) is 0 Å². The van der Waals surface area contributed by atoms with Crippen molar-refractivity contribution in [3.05, 3.63) is 48.0 Å². The van der Waals surface area contributed by atoms with E-state index in [4.69, 9.17) is 4.74 Å². The Labute approximate surface area is 161 Å². The summed E-state index contributed by atoms with van der Waals surface area (Å²) in [4.78, 5) is 23.8. The maximum atomic E-state index is 12.4. The summed E-state index contributed by atoms with van der Waals surface area (Å²) in [6, 6.07) is 11.5. The molecular formula is C18H17N3O6S. The number of fused-ring (bicyclic) bond motifs is 1. The second-order valence-corrected chi connectivity index (χ2v) is 8.07. The van der Waals surface area contributed by atoms with E-state index in [0.717, 1.165) is 15.6 Å². The largest absolute Gasteiger partial charge is 0.506 e. The van der Waals surface area contributed by atoms with Crippen LogP contribution in [0.5, 0.6) is 11.5 Å². The Morgan fingerprint density at radius 3 is 2.64 bits per heavy atom. The zero-order valence-corrected chi connectivity index (χ0v) is 15.4. The minimum absolute atomic E-state index is 0.0524. The maximum Gasteiger partial charge on any atom is 0.326 e. The summed E-state index contributed by atoms with van der Waals surface area (Å²) in [5.41, 5.74) is 1.70. The van der Waals surface area contributed by atoms with Crippen LogP contribution in [0.15, 0.2) is 42.5 Å². The highest BCUT2D eigenvalue weighted by molar-refractivity contribution is 7.92. The van der Waals surface area contributed by atoms with Crippen molar-refractivity contribution in [1.29, 1.82) is 0 Å². The van der Waals surface area contributed by atoms with Crippen molar-refractivity contribution in [1.82, 2.24) is 4.72 Å². The van der Waals surface area contributed by atoms with E-state index in [1.165, 1.54) is 18.2 Å². The molecule has 0 saturated carbocycles. The van der Waals surface area contributed by atoms with Crippen LogP contribution in [-0.4, -0.2) is 38.0 Å². The number of nitrogens with one attached hydrogen (secondary N) is 2. The molecule has 2 aliphatic heterocycles. The van der Waals surface area contributed by atoms with E-state index in [9.17, 15) is 23.1 Å². The van der Waals surface area contributed by atoms with E-state index in [1.807, 2.05) is 29.0 Å². The molecule has 3 N–H and O–H groups in total. The lowest BCUT2D eigenvalue weighted by Gasteiger charge is -2.19. The summed E-state index contributed by atoms with van der Waals surface area (Å²) in [5.74, 6) is -1.15. The summed E-state index contributed by atoms with van der Waals surface area (Å²) in [6.07, 6.45) is 0.324. The molecule has 0 spiro atoms. The molecule has 0 radical (unpaired) electrons. The van der Waals surface area contributed by atoms with Crippen molar-refractivity contribution in [2.24, 2.45) is 0 Å². The number of anilines is 2. The third kappa shape index (κ3) is 3.33. The number of hydrogen-bond donors (Lipinski definition) is 3. The van der Waals surface area contributed by atoms with Crippen LogP contribution < -0.4 is 19.1 Å². The number of phenols is 1. The molecule has 2 aliphatic rings. The Morgan fingerprint density at radius 2 is 1.93 bits per heavy atom. The van der Waals surface area contributed by atoms with Gasteiger partial charge >= 0.3 is 10.2 Å². The van der Waals surface area contributed by atoms with E-state index in [0.29, 0.717) is 12.8 Å². The predicted molar refractivity (Wildman–Crippen MR) is 100 cm³/mol. The number of aryl methyl sites for hydroxylation is 1. The van der Waals surface area contributed by atoms with Crippen molar-refractivity contribution in [3.63, 3.8) is 0 Å². The molecule has 9 nitrogen and oxygen atoms in total. The number of phenolic OH excluding ortho intramolecular Hbond substituents is 1. The van der Waals surface area contributed by atoms with Crippen molar-refractivity contribution in [2.75, 3.05) is 16.2 Å². The molecule has 4 rings (SSSR count). The molecule has 0 aromatic heterocycles. The summed E-state index contributed by atoms with van der Waals surface area (Å²) in [6.45, 7) is -0.417. The number of carbonyl (C=O) groups excluding carboxylic acids is 2. The highest BCUT2D eigenvalue weighted by atomic mass is 32.2. The van der Waals surface area contributed by atoms with E-state index in [2.05, 4.69) is 5.32 Å². The molecule has 1 unspecified atom stereocenters. The fourth-order valence-corrected chi connectivity index (χ4v) is 4.38. The zero-order chi connectivity index (χ0) is 19.9. The first-order chi connectivity index (χ1) is 13.3. The van der Waals surface area contributed by atoms with Gasteiger partial charge in [-0.3, -0.25) is 9.59 Å². The van der Waals surface area contributed by atoms with Gasteiger partial charge in [0.1, 0.15) is 18.0 Å². The SMILES string of the molecule is O=C1CN(c2ccc(OC3CCc4ccccc4NC3=O)cc2O)S(=O)(=O)N1. The van der Waals surface area contributed by atoms with Crippen LogP contribution in [-0.2, 0) is 26.2 Å². The normalized spacial score (nSPS) is 20.7. The second-order valence-electron chi connectivity index (χ2n) is 6.48. The fraction of sp³-hybridized carbons (Fsp3) is 0.222. The van der Waals surface area contributed by atoms with Crippen molar-refractivity contribution < 1.29 is 27.9 Å². The molecular weight excluding hydrogens is 386 g/mol. The fourth-order valence-electron chi connectivity index (χ4n) is 3.22. The molecule has 2 heterocycles. The summed E-state index contributed by atoms with van der Waals surface area (Å²) >= 11 is 0. The van der Waals surface area contributed by atoms with Crippen LogP contribution in [0, 0.1) is 0 Å². The van der Waals surface area contributed by atoms with Crippen molar-refractivity contribution >= 4 is 33.4 Å². The van der Waals surface area contributed by atoms with Gasteiger partial charge in [-0.2, -0.15) is 8.42 Å². The smallest absolute Gasteiger partial charge is 0.326 e. The zero-order valence-electron chi connectivity index (χ0n) is 14.6. The van der Waals surface area contributed by atoms with Gasteiger partial charge in [0.15, 0.2) is 6.10 Å². The number of ether oxygens (including phenoxy) is 1. The van der Waals surface area contributed by atoms with Crippen LogP contribution in [0.3, 0.4) is 0 Å². The Bertz CT molecular complexity index is 1070. The van der Waals surface area contributed by atoms with Gasteiger partial charge in [0.2, 0.25) is 0 Å². The van der Waals surface area contributed by atoms with Gasteiger partial charge < -0.3 is 15.2 Å². The van der Waals surface area contributed by atoms with Crippen LogP contribution in [0.1, 0.15) is 12.0 Å². The number of para-hydroxylation sites is 1. The van der Waals surface area contributed by atoms with Gasteiger partial charge in [-0.25, -0.2) is 9.03 Å². The molecule has 10 heteroatoms. The Balaban J connectivity index is 1.53. The lowest BCUT2D eigenvalue weighted by atomic mass is 10.1.